The number of benzene rings is 1. The zero-order valence-electron chi connectivity index (χ0n) is 13.7. The summed E-state index contributed by atoms with van der Waals surface area (Å²) in [6.07, 6.45) is 0.974. The molecule has 9 heteroatoms. The fraction of sp³-hybridized carbons (Fsp3) is 0.294. The summed E-state index contributed by atoms with van der Waals surface area (Å²) >= 11 is 0. The lowest BCUT2D eigenvalue weighted by atomic mass is 10.2. The number of rotatable bonds is 3. The molecule has 1 aromatic heterocycles. The minimum absolute atomic E-state index is 0.0136. The Labute approximate surface area is 150 Å². The number of pyridine rings is 1. The molecule has 3 heterocycles. The van der Waals surface area contributed by atoms with E-state index in [0.717, 1.165) is 0 Å². The first kappa shape index (κ1) is 16.8. The standard InChI is InChI=1S/C17H17N3O5S/c21-16(11-24-12-5-2-1-3-6-12)20-9-13-14(10-20)25-17-15(7-4-8-18-17)26(22,23)19-13/h1-8,13-14,19H,9-11H2. The smallest absolute Gasteiger partial charge is 0.260 e. The Morgan fingerprint density at radius 2 is 2.04 bits per heavy atom. The molecule has 26 heavy (non-hydrogen) atoms. The Kier molecular flexibility index (Phi) is 4.25. The highest BCUT2D eigenvalue weighted by molar-refractivity contribution is 7.89. The van der Waals surface area contributed by atoms with Crippen LogP contribution in [0, 0.1) is 0 Å². The molecule has 4 rings (SSSR count). The lowest BCUT2D eigenvalue weighted by Crippen LogP contribution is -2.43. The Bertz CT molecular complexity index is 919. The van der Waals surface area contributed by atoms with E-state index in [-0.39, 0.29) is 36.4 Å². The summed E-state index contributed by atoms with van der Waals surface area (Å²) in [6, 6.07) is 11.5. The van der Waals surface area contributed by atoms with Crippen LogP contribution < -0.4 is 14.2 Å². The number of nitrogens with zero attached hydrogens (tertiary/aromatic N) is 2. The van der Waals surface area contributed by atoms with Gasteiger partial charge in [-0.05, 0) is 24.3 Å². The van der Waals surface area contributed by atoms with Crippen LogP contribution in [0.5, 0.6) is 11.6 Å². The first-order valence-corrected chi connectivity index (χ1v) is 9.61. The molecule has 1 amide bonds. The molecular formula is C17H17N3O5S. The predicted octanol–water partition coefficient (Wildman–Crippen LogP) is 0.411. The number of likely N-dealkylation sites (tertiary alicyclic amines) is 1. The van der Waals surface area contributed by atoms with Crippen LogP contribution in [-0.2, 0) is 14.8 Å². The maximum Gasteiger partial charge on any atom is 0.260 e. The Balaban J connectivity index is 1.46. The summed E-state index contributed by atoms with van der Waals surface area (Å²) in [5, 5.41) is 0. The number of carbonyl (C=O) groups excluding carboxylic acids is 1. The third-order valence-electron chi connectivity index (χ3n) is 4.32. The van der Waals surface area contributed by atoms with Gasteiger partial charge in [-0.1, -0.05) is 18.2 Å². The number of hydrogen-bond donors (Lipinski definition) is 1. The van der Waals surface area contributed by atoms with Gasteiger partial charge in [0.25, 0.3) is 5.91 Å². The molecule has 1 fully saturated rings. The molecule has 1 N–H and O–H groups in total. The van der Waals surface area contributed by atoms with Crippen LogP contribution in [0.25, 0.3) is 0 Å². The van der Waals surface area contributed by atoms with E-state index in [1.54, 1.807) is 18.2 Å². The van der Waals surface area contributed by atoms with Crippen molar-refractivity contribution in [2.75, 3.05) is 19.7 Å². The van der Waals surface area contributed by atoms with E-state index in [1.807, 2.05) is 18.2 Å². The van der Waals surface area contributed by atoms with Gasteiger partial charge in [-0.3, -0.25) is 4.79 Å². The molecule has 2 aromatic rings. The van der Waals surface area contributed by atoms with Crippen LogP contribution in [0.2, 0.25) is 0 Å². The first-order valence-electron chi connectivity index (χ1n) is 8.12. The topological polar surface area (TPSA) is 97.8 Å². The van der Waals surface area contributed by atoms with Crippen LogP contribution in [0.15, 0.2) is 53.6 Å². The van der Waals surface area contributed by atoms with Gasteiger partial charge in [-0.15, -0.1) is 0 Å². The van der Waals surface area contributed by atoms with E-state index in [0.29, 0.717) is 5.75 Å². The Hall–Kier alpha value is -2.65. The molecule has 136 valence electrons. The molecule has 1 saturated heterocycles. The quantitative estimate of drug-likeness (QED) is 0.835. The minimum atomic E-state index is -3.74. The van der Waals surface area contributed by atoms with Crippen molar-refractivity contribution >= 4 is 15.9 Å². The van der Waals surface area contributed by atoms with E-state index in [1.165, 1.54) is 17.2 Å². The van der Waals surface area contributed by atoms with Gasteiger partial charge in [0, 0.05) is 12.7 Å². The van der Waals surface area contributed by atoms with E-state index >= 15 is 0 Å². The third-order valence-corrected chi connectivity index (χ3v) is 5.82. The van der Waals surface area contributed by atoms with Crippen LogP contribution >= 0.6 is 0 Å². The lowest BCUT2D eigenvalue weighted by molar-refractivity contribution is -0.132. The lowest BCUT2D eigenvalue weighted by Gasteiger charge is -2.17. The molecule has 2 unspecified atom stereocenters. The molecule has 8 nitrogen and oxygen atoms in total. The normalized spacial score (nSPS) is 23.3. The highest BCUT2D eigenvalue weighted by atomic mass is 32.2. The largest absolute Gasteiger partial charge is 0.484 e. The second kappa shape index (κ2) is 6.58. The van der Waals surface area contributed by atoms with Gasteiger partial charge in [-0.25, -0.2) is 18.1 Å². The van der Waals surface area contributed by atoms with Crippen molar-refractivity contribution < 1.29 is 22.7 Å². The fourth-order valence-corrected chi connectivity index (χ4v) is 4.38. The number of ether oxygens (including phenoxy) is 2. The number of amides is 1. The number of fused-ring (bicyclic) bond motifs is 2. The van der Waals surface area contributed by atoms with Crippen LogP contribution in [0.4, 0.5) is 0 Å². The van der Waals surface area contributed by atoms with Gasteiger partial charge in [0.2, 0.25) is 15.9 Å². The SMILES string of the molecule is O=C(COc1ccccc1)N1CC2NS(=O)(=O)c3cccnc3OC2C1. The average Bonchev–Trinajstić information content (AvgIpc) is 2.98. The summed E-state index contributed by atoms with van der Waals surface area (Å²) in [7, 11) is -3.74. The summed E-state index contributed by atoms with van der Waals surface area (Å²) in [6.45, 7) is 0.361. The predicted molar refractivity (Wildman–Crippen MR) is 91.3 cm³/mol. The molecular weight excluding hydrogens is 358 g/mol. The zero-order valence-corrected chi connectivity index (χ0v) is 14.6. The Morgan fingerprint density at radius 3 is 2.85 bits per heavy atom. The summed E-state index contributed by atoms with van der Waals surface area (Å²) < 4.78 is 38.8. The van der Waals surface area contributed by atoms with Gasteiger partial charge < -0.3 is 14.4 Å². The maximum absolute atomic E-state index is 12.5. The van der Waals surface area contributed by atoms with Crippen molar-refractivity contribution in [3.05, 3.63) is 48.7 Å². The van der Waals surface area contributed by atoms with E-state index in [2.05, 4.69) is 9.71 Å². The molecule has 0 bridgehead atoms. The third kappa shape index (κ3) is 3.23. The molecule has 0 saturated carbocycles. The van der Waals surface area contributed by atoms with Crippen molar-refractivity contribution in [2.24, 2.45) is 0 Å². The molecule has 2 atom stereocenters. The number of para-hydroxylation sites is 1. The van der Waals surface area contributed by atoms with E-state index in [9.17, 15) is 13.2 Å². The van der Waals surface area contributed by atoms with Crippen LogP contribution in [-0.4, -0.2) is 56.1 Å². The summed E-state index contributed by atoms with van der Waals surface area (Å²) in [5.41, 5.74) is 0. The van der Waals surface area contributed by atoms with E-state index in [4.69, 9.17) is 9.47 Å². The van der Waals surface area contributed by atoms with Crippen molar-refractivity contribution in [3.63, 3.8) is 0 Å². The second-order valence-corrected chi connectivity index (χ2v) is 7.77. The Morgan fingerprint density at radius 1 is 1.23 bits per heavy atom. The summed E-state index contributed by atoms with van der Waals surface area (Å²) in [5.74, 6) is 0.428. The first-order chi connectivity index (χ1) is 12.5. The fourth-order valence-electron chi connectivity index (χ4n) is 3.04. The average molecular weight is 375 g/mol. The number of nitrogens with one attached hydrogen (secondary N) is 1. The van der Waals surface area contributed by atoms with Crippen molar-refractivity contribution in [1.29, 1.82) is 0 Å². The number of hydrogen-bond acceptors (Lipinski definition) is 6. The summed E-state index contributed by atoms with van der Waals surface area (Å²) in [4.78, 5) is 18.0. The van der Waals surface area contributed by atoms with Crippen molar-refractivity contribution in [3.8, 4) is 11.6 Å². The van der Waals surface area contributed by atoms with Gasteiger partial charge >= 0.3 is 0 Å². The van der Waals surface area contributed by atoms with Gasteiger partial charge in [0.15, 0.2) is 6.61 Å². The highest BCUT2D eigenvalue weighted by Gasteiger charge is 2.43. The van der Waals surface area contributed by atoms with Crippen molar-refractivity contribution in [2.45, 2.75) is 17.0 Å². The molecule has 1 aromatic carbocycles. The second-order valence-electron chi connectivity index (χ2n) is 6.09. The monoisotopic (exact) mass is 375 g/mol. The molecule has 2 aliphatic heterocycles. The maximum atomic E-state index is 12.5. The van der Waals surface area contributed by atoms with Crippen LogP contribution in [0.1, 0.15) is 0 Å². The molecule has 2 aliphatic rings. The number of sulfonamides is 1. The molecule has 0 spiro atoms. The van der Waals surface area contributed by atoms with Gasteiger partial charge in [0.1, 0.15) is 16.7 Å². The number of aromatic nitrogens is 1. The van der Waals surface area contributed by atoms with Gasteiger partial charge in [0.05, 0.1) is 12.6 Å². The van der Waals surface area contributed by atoms with Gasteiger partial charge in [-0.2, -0.15) is 0 Å². The number of carbonyl (C=O) groups is 1. The molecule has 0 radical (unpaired) electrons. The highest BCUT2D eigenvalue weighted by Crippen LogP contribution is 2.28. The van der Waals surface area contributed by atoms with Crippen molar-refractivity contribution in [1.82, 2.24) is 14.6 Å². The minimum Gasteiger partial charge on any atom is -0.484 e. The van der Waals surface area contributed by atoms with E-state index < -0.39 is 22.2 Å². The molecule has 0 aliphatic carbocycles. The van der Waals surface area contributed by atoms with Crippen LogP contribution in [0.3, 0.4) is 0 Å². The zero-order chi connectivity index (χ0) is 18.1.